The lowest BCUT2D eigenvalue weighted by atomic mass is 10.2. The van der Waals surface area contributed by atoms with Crippen LogP contribution in [0.2, 0.25) is 5.02 Å². The maximum atomic E-state index is 12.6. The van der Waals surface area contributed by atoms with Gasteiger partial charge < -0.3 is 14.8 Å². The van der Waals surface area contributed by atoms with Crippen molar-refractivity contribution >= 4 is 33.2 Å². The van der Waals surface area contributed by atoms with Crippen LogP contribution in [0.1, 0.15) is 6.92 Å². The fourth-order valence-corrected chi connectivity index (χ4v) is 4.22. The smallest absolute Gasteiger partial charge is 0.243 e. The number of fused-ring (bicyclic) bond motifs is 1. The predicted molar refractivity (Wildman–Crippen MR) is 108 cm³/mol. The highest BCUT2D eigenvalue weighted by atomic mass is 35.5. The number of nitrogens with one attached hydrogen (secondary N) is 1. The molecule has 1 N–H and O–H groups in total. The van der Waals surface area contributed by atoms with E-state index in [2.05, 4.69) is 5.32 Å². The Morgan fingerprint density at radius 1 is 1.21 bits per heavy atom. The summed E-state index contributed by atoms with van der Waals surface area (Å²) < 4.78 is 37.0. The average molecular weight is 425 g/mol. The lowest BCUT2D eigenvalue weighted by Crippen LogP contribution is -2.50. The van der Waals surface area contributed by atoms with Crippen LogP contribution in [0.5, 0.6) is 11.5 Å². The Hall–Kier alpha value is -2.45. The Kier molecular flexibility index (Phi) is 6.00. The zero-order chi connectivity index (χ0) is 20.3. The lowest BCUT2D eigenvalue weighted by Gasteiger charge is -2.30. The molecule has 0 spiro atoms. The van der Waals surface area contributed by atoms with Crippen molar-refractivity contribution < 1.29 is 22.7 Å². The van der Waals surface area contributed by atoms with Crippen LogP contribution < -0.4 is 19.1 Å². The summed E-state index contributed by atoms with van der Waals surface area (Å²) in [7, 11) is -3.68. The van der Waals surface area contributed by atoms with Gasteiger partial charge in [-0.1, -0.05) is 23.7 Å². The number of ether oxygens (including phenoxy) is 2. The highest BCUT2D eigenvalue weighted by molar-refractivity contribution is 7.92. The molecule has 1 aliphatic heterocycles. The van der Waals surface area contributed by atoms with E-state index in [1.807, 2.05) is 18.2 Å². The van der Waals surface area contributed by atoms with Crippen LogP contribution in [0, 0.1) is 0 Å². The van der Waals surface area contributed by atoms with E-state index in [0.717, 1.165) is 10.6 Å². The van der Waals surface area contributed by atoms with Gasteiger partial charge >= 0.3 is 0 Å². The highest BCUT2D eigenvalue weighted by Crippen LogP contribution is 2.30. The first-order chi connectivity index (χ1) is 13.3. The molecule has 0 saturated heterocycles. The Morgan fingerprint density at radius 2 is 1.86 bits per heavy atom. The number of hydrogen-bond acceptors (Lipinski definition) is 5. The minimum atomic E-state index is -3.68. The Labute approximate surface area is 169 Å². The molecule has 0 unspecified atom stereocenters. The van der Waals surface area contributed by atoms with Crippen LogP contribution in [0.25, 0.3) is 0 Å². The number of amides is 1. The third-order valence-electron chi connectivity index (χ3n) is 4.24. The summed E-state index contributed by atoms with van der Waals surface area (Å²) in [6.07, 6.45) is 0.689. The average Bonchev–Trinajstić information content (AvgIpc) is 2.66. The van der Waals surface area contributed by atoms with E-state index in [1.54, 1.807) is 30.3 Å². The van der Waals surface area contributed by atoms with Crippen molar-refractivity contribution in [2.24, 2.45) is 0 Å². The van der Waals surface area contributed by atoms with Gasteiger partial charge in [-0.05, 0) is 43.3 Å². The molecule has 0 fully saturated rings. The molecule has 0 aliphatic carbocycles. The van der Waals surface area contributed by atoms with E-state index in [9.17, 15) is 13.2 Å². The van der Waals surface area contributed by atoms with Crippen molar-refractivity contribution in [3.8, 4) is 11.5 Å². The molecule has 0 saturated carbocycles. The van der Waals surface area contributed by atoms with Gasteiger partial charge in [0, 0.05) is 5.02 Å². The van der Waals surface area contributed by atoms with Gasteiger partial charge in [-0.2, -0.15) is 0 Å². The van der Waals surface area contributed by atoms with Gasteiger partial charge in [0.05, 0.1) is 18.5 Å². The molecular weight excluding hydrogens is 404 g/mol. The van der Waals surface area contributed by atoms with E-state index >= 15 is 0 Å². The number of benzene rings is 2. The van der Waals surface area contributed by atoms with E-state index in [4.69, 9.17) is 21.1 Å². The van der Waals surface area contributed by atoms with Crippen LogP contribution in [-0.4, -0.2) is 45.9 Å². The van der Waals surface area contributed by atoms with Gasteiger partial charge in [0.1, 0.15) is 18.8 Å². The Morgan fingerprint density at radius 3 is 2.50 bits per heavy atom. The molecule has 2 aromatic carbocycles. The molecule has 3 rings (SSSR count). The van der Waals surface area contributed by atoms with Gasteiger partial charge in [0.2, 0.25) is 15.9 Å². The molecule has 2 atom stereocenters. The van der Waals surface area contributed by atoms with E-state index < -0.39 is 22.0 Å². The summed E-state index contributed by atoms with van der Waals surface area (Å²) in [5.74, 6) is 0.826. The number of carbonyl (C=O) groups is 1. The molecule has 0 radical (unpaired) electrons. The van der Waals surface area contributed by atoms with Crippen LogP contribution >= 0.6 is 11.6 Å². The summed E-state index contributed by atoms with van der Waals surface area (Å²) >= 11 is 5.87. The third kappa shape index (κ3) is 4.69. The van der Waals surface area contributed by atoms with Crippen molar-refractivity contribution in [1.82, 2.24) is 5.32 Å². The molecule has 7 nitrogen and oxygen atoms in total. The summed E-state index contributed by atoms with van der Waals surface area (Å²) in [6.45, 7) is 2.01. The van der Waals surface area contributed by atoms with Crippen LogP contribution in [-0.2, 0) is 14.8 Å². The Balaban J connectivity index is 1.66. The quantitative estimate of drug-likeness (QED) is 0.769. The predicted octanol–water partition coefficient (Wildman–Crippen LogP) is 2.45. The van der Waals surface area contributed by atoms with Gasteiger partial charge in [-0.25, -0.2) is 8.42 Å². The van der Waals surface area contributed by atoms with Crippen molar-refractivity contribution in [2.45, 2.75) is 19.1 Å². The largest absolute Gasteiger partial charge is 0.486 e. The zero-order valence-electron chi connectivity index (χ0n) is 15.5. The summed E-state index contributed by atoms with van der Waals surface area (Å²) in [5, 5.41) is 3.22. The summed E-state index contributed by atoms with van der Waals surface area (Å²) in [5.41, 5.74) is 0.362. The molecule has 28 heavy (non-hydrogen) atoms. The second-order valence-corrected chi connectivity index (χ2v) is 8.75. The normalized spacial score (nSPS) is 16.9. The first-order valence-electron chi connectivity index (χ1n) is 8.67. The highest BCUT2D eigenvalue weighted by Gasteiger charge is 2.30. The second kappa shape index (κ2) is 8.28. The number of sulfonamides is 1. The fourth-order valence-electron chi connectivity index (χ4n) is 2.92. The molecule has 2 aromatic rings. The van der Waals surface area contributed by atoms with E-state index in [0.29, 0.717) is 28.8 Å². The number of nitrogens with zero attached hydrogens (tertiary/aromatic N) is 1. The van der Waals surface area contributed by atoms with Crippen LogP contribution in [0.15, 0.2) is 48.5 Å². The van der Waals surface area contributed by atoms with Crippen molar-refractivity contribution in [2.75, 3.05) is 23.7 Å². The molecule has 150 valence electrons. The monoisotopic (exact) mass is 424 g/mol. The maximum absolute atomic E-state index is 12.6. The molecule has 1 heterocycles. The first-order valence-corrected chi connectivity index (χ1v) is 10.9. The molecule has 1 amide bonds. The number of carbonyl (C=O) groups excluding carboxylic acids is 1. The minimum Gasteiger partial charge on any atom is -0.486 e. The van der Waals surface area contributed by atoms with Crippen molar-refractivity contribution in [1.29, 1.82) is 0 Å². The zero-order valence-corrected chi connectivity index (χ0v) is 17.0. The SMILES string of the molecule is C[C@H](C(=O)NC[C@@H]1COc2ccccc2O1)N(c1ccc(Cl)cc1)S(C)(=O)=O. The van der Waals surface area contributed by atoms with Crippen LogP contribution in [0.3, 0.4) is 0 Å². The second-order valence-electron chi connectivity index (χ2n) is 6.45. The van der Waals surface area contributed by atoms with Gasteiger partial charge in [0.25, 0.3) is 0 Å². The minimum absolute atomic E-state index is 0.190. The van der Waals surface area contributed by atoms with E-state index in [-0.39, 0.29) is 12.6 Å². The summed E-state index contributed by atoms with van der Waals surface area (Å²) in [6, 6.07) is 12.6. The topological polar surface area (TPSA) is 84.9 Å². The number of rotatable bonds is 6. The van der Waals surface area contributed by atoms with Gasteiger partial charge in [-0.3, -0.25) is 9.10 Å². The molecular formula is C19H21ClN2O5S. The lowest BCUT2D eigenvalue weighted by molar-refractivity contribution is -0.122. The maximum Gasteiger partial charge on any atom is 0.243 e. The Bertz CT molecular complexity index is 949. The fraction of sp³-hybridized carbons (Fsp3) is 0.316. The first kappa shape index (κ1) is 20.3. The number of anilines is 1. The standard InChI is InChI=1S/C19H21ClN2O5S/c1-13(22(28(2,24)25)15-9-7-14(20)8-10-15)19(23)21-11-16-12-26-17-5-3-4-6-18(17)27-16/h3-10,13,16H,11-12H2,1-2H3,(H,21,23)/t13-,16-/m1/s1. The van der Waals surface area contributed by atoms with Crippen LogP contribution in [0.4, 0.5) is 5.69 Å². The molecule has 9 heteroatoms. The summed E-state index contributed by atoms with van der Waals surface area (Å²) in [4.78, 5) is 12.6. The van der Waals surface area contributed by atoms with Crippen molar-refractivity contribution in [3.05, 3.63) is 53.6 Å². The molecule has 1 aliphatic rings. The number of halogens is 1. The number of hydrogen-bond donors (Lipinski definition) is 1. The van der Waals surface area contributed by atoms with E-state index in [1.165, 1.54) is 6.92 Å². The third-order valence-corrected chi connectivity index (χ3v) is 5.73. The number of para-hydroxylation sites is 2. The molecule has 0 aromatic heterocycles. The van der Waals surface area contributed by atoms with Crippen molar-refractivity contribution in [3.63, 3.8) is 0 Å². The van der Waals surface area contributed by atoms with Gasteiger partial charge in [0.15, 0.2) is 11.5 Å². The van der Waals surface area contributed by atoms with Gasteiger partial charge in [-0.15, -0.1) is 0 Å². The molecule has 0 bridgehead atoms.